The van der Waals surface area contributed by atoms with E-state index >= 15 is 0 Å². The highest BCUT2D eigenvalue weighted by Crippen LogP contribution is 2.42. The minimum atomic E-state index is -4.41. The largest absolute Gasteiger partial charge is 0.416 e. The van der Waals surface area contributed by atoms with Crippen LogP contribution in [0.3, 0.4) is 0 Å². The molecule has 0 fully saturated rings. The fraction of sp³-hybridized carbons (Fsp3) is 0.211. The molecule has 2 aromatic carbocycles. The summed E-state index contributed by atoms with van der Waals surface area (Å²) < 4.78 is 38.3. The smallest absolute Gasteiger partial charge is 0.258 e. The quantitative estimate of drug-likeness (QED) is 0.386. The molecule has 1 radical (unpaired) electrons. The second-order valence-corrected chi connectivity index (χ2v) is 7.16. The highest BCUT2D eigenvalue weighted by Gasteiger charge is 2.30. The van der Waals surface area contributed by atoms with Gasteiger partial charge in [-0.25, -0.2) is 4.98 Å². The van der Waals surface area contributed by atoms with Crippen LogP contribution in [0.2, 0.25) is 0 Å². The van der Waals surface area contributed by atoms with Crippen LogP contribution >= 0.6 is 11.3 Å². The van der Waals surface area contributed by atoms with E-state index in [9.17, 15) is 23.3 Å². The summed E-state index contributed by atoms with van der Waals surface area (Å²) >= 11 is 1.22. The predicted octanol–water partition coefficient (Wildman–Crippen LogP) is 6.33. The average Bonchev–Trinajstić information content (AvgIpc) is 3.06. The Morgan fingerprint density at radius 3 is 2.41 bits per heavy atom. The number of aromatic nitrogens is 1. The van der Waals surface area contributed by atoms with E-state index in [0.717, 1.165) is 12.1 Å². The van der Waals surface area contributed by atoms with Crippen molar-refractivity contribution >= 4 is 17.0 Å². The standard InChI is InChI=1S/C19H14F3N2O2S/c1-11(2)16-17(14-5-3-4-6-15(14)24(25)26)27-18(23-16)12-7-9-13(10-8-12)19(20,21)22/h4-11H,1-2H3. The molecule has 4 nitrogen and oxygen atoms in total. The minimum absolute atomic E-state index is 0.0146. The SMILES string of the molecule is CC(C)c1nc(-c2ccc(C(F)(F)F)cc2)sc1-c1c[c]ccc1[N+](=O)[O-]. The molecule has 1 heterocycles. The number of hydrogen-bond acceptors (Lipinski definition) is 4. The van der Waals surface area contributed by atoms with Crippen LogP contribution in [0.15, 0.2) is 42.5 Å². The van der Waals surface area contributed by atoms with E-state index in [0.29, 0.717) is 26.7 Å². The second-order valence-electron chi connectivity index (χ2n) is 6.16. The lowest BCUT2D eigenvalue weighted by atomic mass is 10.0. The Morgan fingerprint density at radius 2 is 1.85 bits per heavy atom. The molecule has 0 bridgehead atoms. The van der Waals surface area contributed by atoms with Crippen molar-refractivity contribution in [1.82, 2.24) is 4.98 Å². The molecule has 8 heteroatoms. The number of nitro groups is 1. The molecule has 0 spiro atoms. The Balaban J connectivity index is 2.11. The summed E-state index contributed by atoms with van der Waals surface area (Å²) in [4.78, 5) is 16.1. The van der Waals surface area contributed by atoms with E-state index < -0.39 is 16.7 Å². The molecule has 0 aliphatic heterocycles. The van der Waals surface area contributed by atoms with E-state index in [2.05, 4.69) is 11.1 Å². The summed E-state index contributed by atoms with van der Waals surface area (Å²) in [6.07, 6.45) is -4.41. The van der Waals surface area contributed by atoms with Crippen LogP contribution in [0.5, 0.6) is 0 Å². The number of halogens is 3. The molecule has 0 atom stereocenters. The van der Waals surface area contributed by atoms with Gasteiger partial charge in [0.2, 0.25) is 0 Å². The summed E-state index contributed by atoms with van der Waals surface area (Å²) in [6, 6.07) is 12.0. The number of benzene rings is 2. The molecule has 0 aliphatic rings. The summed E-state index contributed by atoms with van der Waals surface area (Å²) in [5, 5.41) is 11.9. The summed E-state index contributed by atoms with van der Waals surface area (Å²) in [5.41, 5.74) is 0.807. The van der Waals surface area contributed by atoms with Crippen LogP contribution in [-0.4, -0.2) is 9.91 Å². The van der Waals surface area contributed by atoms with Crippen molar-refractivity contribution in [3.05, 3.63) is 69.9 Å². The first kappa shape index (κ1) is 19.0. The molecule has 0 aliphatic carbocycles. The van der Waals surface area contributed by atoms with Gasteiger partial charge < -0.3 is 0 Å². The van der Waals surface area contributed by atoms with Crippen molar-refractivity contribution in [2.75, 3.05) is 0 Å². The zero-order valence-corrected chi connectivity index (χ0v) is 15.2. The average molecular weight is 391 g/mol. The van der Waals surface area contributed by atoms with Gasteiger partial charge in [-0.1, -0.05) is 26.0 Å². The van der Waals surface area contributed by atoms with Crippen molar-refractivity contribution in [2.24, 2.45) is 0 Å². The molecule has 0 saturated heterocycles. The molecule has 0 amide bonds. The lowest BCUT2D eigenvalue weighted by molar-refractivity contribution is -0.384. The number of nitrogens with zero attached hydrogens (tertiary/aromatic N) is 2. The van der Waals surface area contributed by atoms with Crippen LogP contribution in [0.4, 0.5) is 18.9 Å². The summed E-state index contributed by atoms with van der Waals surface area (Å²) in [6.45, 7) is 3.82. The van der Waals surface area contributed by atoms with Gasteiger partial charge in [-0.05, 0) is 36.2 Å². The van der Waals surface area contributed by atoms with Crippen molar-refractivity contribution in [1.29, 1.82) is 0 Å². The third-order valence-corrected chi connectivity index (χ3v) is 5.10. The van der Waals surface area contributed by atoms with E-state index in [1.165, 1.54) is 41.7 Å². The molecular formula is C19H14F3N2O2S. The maximum absolute atomic E-state index is 12.8. The number of hydrogen-bond donors (Lipinski definition) is 0. The third kappa shape index (κ3) is 3.85. The minimum Gasteiger partial charge on any atom is -0.258 e. The van der Waals surface area contributed by atoms with E-state index in [-0.39, 0.29) is 11.6 Å². The molecule has 0 saturated carbocycles. The molecule has 0 unspecified atom stereocenters. The predicted molar refractivity (Wildman–Crippen MR) is 97.6 cm³/mol. The van der Waals surface area contributed by atoms with Gasteiger partial charge in [0, 0.05) is 11.6 Å². The van der Waals surface area contributed by atoms with Gasteiger partial charge in [0.05, 0.1) is 26.6 Å². The van der Waals surface area contributed by atoms with Gasteiger partial charge in [-0.15, -0.1) is 11.3 Å². The lowest BCUT2D eigenvalue weighted by Gasteiger charge is -2.06. The zero-order valence-electron chi connectivity index (χ0n) is 14.4. The van der Waals surface area contributed by atoms with Gasteiger partial charge in [0.1, 0.15) is 5.01 Å². The van der Waals surface area contributed by atoms with Gasteiger partial charge in [-0.2, -0.15) is 13.2 Å². The maximum Gasteiger partial charge on any atom is 0.416 e. The van der Waals surface area contributed by atoms with Crippen molar-refractivity contribution in [3.8, 4) is 21.0 Å². The molecule has 3 aromatic rings. The number of thiazole rings is 1. The van der Waals surface area contributed by atoms with E-state index in [4.69, 9.17) is 0 Å². The first-order chi connectivity index (χ1) is 12.7. The molecule has 1 aromatic heterocycles. The monoisotopic (exact) mass is 391 g/mol. The van der Waals surface area contributed by atoms with E-state index in [1.807, 2.05) is 13.8 Å². The van der Waals surface area contributed by atoms with Gasteiger partial charge >= 0.3 is 6.18 Å². The Kier molecular flexibility index (Phi) is 5.01. The van der Waals surface area contributed by atoms with Crippen molar-refractivity contribution in [2.45, 2.75) is 25.9 Å². The molecule has 0 N–H and O–H groups in total. The Bertz CT molecular complexity index is 979. The van der Waals surface area contributed by atoms with Crippen molar-refractivity contribution < 1.29 is 18.1 Å². The van der Waals surface area contributed by atoms with Gasteiger partial charge in [0.25, 0.3) is 5.69 Å². The molecule has 27 heavy (non-hydrogen) atoms. The van der Waals surface area contributed by atoms with Crippen LogP contribution in [-0.2, 0) is 6.18 Å². The first-order valence-corrected chi connectivity index (χ1v) is 8.83. The highest BCUT2D eigenvalue weighted by atomic mass is 32.1. The van der Waals surface area contributed by atoms with Crippen LogP contribution in [0, 0.1) is 16.2 Å². The lowest BCUT2D eigenvalue weighted by Crippen LogP contribution is -2.03. The summed E-state index contributed by atoms with van der Waals surface area (Å²) in [7, 11) is 0. The second kappa shape index (κ2) is 7.11. The third-order valence-electron chi connectivity index (χ3n) is 3.94. The fourth-order valence-electron chi connectivity index (χ4n) is 2.60. The Labute approximate surface area is 157 Å². The topological polar surface area (TPSA) is 56.0 Å². The molecule has 139 valence electrons. The van der Waals surface area contributed by atoms with Crippen LogP contribution in [0.25, 0.3) is 21.0 Å². The highest BCUT2D eigenvalue weighted by molar-refractivity contribution is 7.18. The van der Waals surface area contributed by atoms with E-state index in [1.54, 1.807) is 0 Å². The van der Waals surface area contributed by atoms with Crippen LogP contribution < -0.4 is 0 Å². The number of nitro benzene ring substituents is 1. The normalized spacial score (nSPS) is 11.8. The first-order valence-electron chi connectivity index (χ1n) is 8.01. The Morgan fingerprint density at radius 1 is 1.19 bits per heavy atom. The molecule has 3 rings (SSSR count). The van der Waals surface area contributed by atoms with Crippen molar-refractivity contribution in [3.63, 3.8) is 0 Å². The number of rotatable bonds is 4. The Hall–Kier alpha value is -2.74. The zero-order chi connectivity index (χ0) is 19.8. The fourth-order valence-corrected chi connectivity index (χ4v) is 3.86. The summed E-state index contributed by atoms with van der Waals surface area (Å²) in [5.74, 6) is -0.0146. The molecular weight excluding hydrogens is 377 g/mol. The van der Waals surface area contributed by atoms with Gasteiger partial charge in [0.15, 0.2) is 0 Å². The van der Waals surface area contributed by atoms with Gasteiger partial charge in [-0.3, -0.25) is 10.1 Å². The van der Waals surface area contributed by atoms with Crippen LogP contribution in [0.1, 0.15) is 31.0 Å². The maximum atomic E-state index is 12.8. The number of alkyl halides is 3.